The lowest BCUT2D eigenvalue weighted by Gasteiger charge is -2.35. The molecule has 0 spiro atoms. The van der Waals surface area contributed by atoms with Crippen molar-refractivity contribution in [3.05, 3.63) is 30.1 Å². The zero-order valence-electron chi connectivity index (χ0n) is 12.2. The summed E-state index contributed by atoms with van der Waals surface area (Å²) >= 11 is 0. The maximum absolute atomic E-state index is 4.39. The van der Waals surface area contributed by atoms with Crippen LogP contribution in [0, 0.1) is 5.41 Å². The Hall–Kier alpha value is -0.930. The molecule has 18 heavy (non-hydrogen) atoms. The van der Waals surface area contributed by atoms with E-state index in [1.807, 2.05) is 19.3 Å². The van der Waals surface area contributed by atoms with Crippen LogP contribution in [0.3, 0.4) is 0 Å². The Morgan fingerprint density at radius 2 is 2.00 bits per heavy atom. The molecular weight excluding hydrogens is 222 g/mol. The Morgan fingerprint density at radius 1 is 1.28 bits per heavy atom. The molecule has 0 bridgehead atoms. The molecule has 3 nitrogen and oxygen atoms in total. The lowest BCUT2D eigenvalue weighted by Crippen LogP contribution is -2.41. The topological polar surface area (TPSA) is 28.2 Å². The number of aromatic nitrogens is 1. The third-order valence-corrected chi connectivity index (χ3v) is 3.82. The third kappa shape index (κ3) is 4.39. The molecule has 0 aliphatic rings. The summed E-state index contributed by atoms with van der Waals surface area (Å²) in [7, 11) is 4.23. The first kappa shape index (κ1) is 15.1. The van der Waals surface area contributed by atoms with E-state index in [9.17, 15) is 0 Å². The van der Waals surface area contributed by atoms with Gasteiger partial charge in [0.1, 0.15) is 0 Å². The highest BCUT2D eigenvalue weighted by Crippen LogP contribution is 2.26. The molecule has 3 heteroatoms. The minimum Gasteiger partial charge on any atom is -0.319 e. The quantitative estimate of drug-likeness (QED) is 0.767. The fourth-order valence-corrected chi connectivity index (χ4v) is 2.55. The predicted molar refractivity (Wildman–Crippen MR) is 77.5 cm³/mol. The van der Waals surface area contributed by atoms with E-state index in [4.69, 9.17) is 0 Å². The first-order chi connectivity index (χ1) is 8.65. The summed E-state index contributed by atoms with van der Waals surface area (Å²) in [6.07, 6.45) is 4.28. The SMILES string of the molecule is CCC(CC)(CNC)CN(C)Cc1ccccn1. The van der Waals surface area contributed by atoms with E-state index < -0.39 is 0 Å². The molecule has 0 amide bonds. The fraction of sp³-hybridized carbons (Fsp3) is 0.667. The van der Waals surface area contributed by atoms with Crippen LogP contribution in [0.25, 0.3) is 0 Å². The minimum atomic E-state index is 0.373. The second-order valence-electron chi connectivity index (χ2n) is 5.23. The van der Waals surface area contributed by atoms with Crippen LogP contribution in [0.2, 0.25) is 0 Å². The maximum atomic E-state index is 4.39. The van der Waals surface area contributed by atoms with Crippen LogP contribution in [0.5, 0.6) is 0 Å². The van der Waals surface area contributed by atoms with Crippen molar-refractivity contribution in [2.75, 3.05) is 27.2 Å². The van der Waals surface area contributed by atoms with Gasteiger partial charge in [-0.1, -0.05) is 19.9 Å². The number of rotatable bonds is 8. The van der Waals surface area contributed by atoms with Crippen molar-refractivity contribution in [2.45, 2.75) is 33.2 Å². The van der Waals surface area contributed by atoms with E-state index >= 15 is 0 Å². The number of nitrogens with zero attached hydrogens (tertiary/aromatic N) is 2. The average Bonchev–Trinajstić information content (AvgIpc) is 2.39. The summed E-state index contributed by atoms with van der Waals surface area (Å²) in [6.45, 7) is 7.68. The Kier molecular flexibility index (Phi) is 6.30. The van der Waals surface area contributed by atoms with Crippen molar-refractivity contribution in [3.63, 3.8) is 0 Å². The van der Waals surface area contributed by atoms with Gasteiger partial charge in [-0.2, -0.15) is 0 Å². The van der Waals surface area contributed by atoms with Gasteiger partial charge in [0.15, 0.2) is 0 Å². The lowest BCUT2D eigenvalue weighted by molar-refractivity contribution is 0.152. The maximum Gasteiger partial charge on any atom is 0.0543 e. The molecule has 0 saturated carbocycles. The molecule has 0 atom stereocenters. The Morgan fingerprint density at radius 3 is 2.50 bits per heavy atom. The number of nitrogens with one attached hydrogen (secondary N) is 1. The van der Waals surface area contributed by atoms with Crippen LogP contribution in [-0.2, 0) is 6.54 Å². The van der Waals surface area contributed by atoms with Gasteiger partial charge in [-0.3, -0.25) is 9.88 Å². The summed E-state index contributed by atoms with van der Waals surface area (Å²) in [5, 5.41) is 3.34. The monoisotopic (exact) mass is 249 g/mol. The number of hydrogen-bond acceptors (Lipinski definition) is 3. The number of hydrogen-bond donors (Lipinski definition) is 1. The van der Waals surface area contributed by atoms with E-state index in [2.05, 4.69) is 48.2 Å². The van der Waals surface area contributed by atoms with Gasteiger partial charge in [0.25, 0.3) is 0 Å². The van der Waals surface area contributed by atoms with Crippen LogP contribution in [0.1, 0.15) is 32.4 Å². The van der Waals surface area contributed by atoms with Gasteiger partial charge in [0, 0.05) is 25.8 Å². The van der Waals surface area contributed by atoms with Crippen LogP contribution in [0.4, 0.5) is 0 Å². The van der Waals surface area contributed by atoms with E-state index in [1.165, 1.54) is 12.8 Å². The van der Waals surface area contributed by atoms with Gasteiger partial charge in [-0.15, -0.1) is 0 Å². The zero-order valence-corrected chi connectivity index (χ0v) is 12.2. The summed E-state index contributed by atoms with van der Waals surface area (Å²) in [4.78, 5) is 6.77. The molecule has 0 unspecified atom stereocenters. The highest BCUT2D eigenvalue weighted by atomic mass is 15.1. The molecule has 0 radical (unpaired) electrons. The van der Waals surface area contributed by atoms with Crippen molar-refractivity contribution in [3.8, 4) is 0 Å². The summed E-state index contributed by atoms with van der Waals surface area (Å²) < 4.78 is 0. The predicted octanol–water partition coefficient (Wildman–Crippen LogP) is 2.54. The fourth-order valence-electron chi connectivity index (χ4n) is 2.55. The van der Waals surface area contributed by atoms with Crippen molar-refractivity contribution in [2.24, 2.45) is 5.41 Å². The van der Waals surface area contributed by atoms with Crippen LogP contribution in [-0.4, -0.2) is 37.1 Å². The molecule has 1 N–H and O–H groups in total. The molecule has 1 aromatic rings. The first-order valence-corrected chi connectivity index (χ1v) is 6.89. The number of pyridine rings is 1. The van der Waals surface area contributed by atoms with Gasteiger partial charge in [0.2, 0.25) is 0 Å². The molecular formula is C15H27N3. The molecule has 1 rings (SSSR count). The Bertz CT molecular complexity index is 320. The van der Waals surface area contributed by atoms with Gasteiger partial charge in [-0.25, -0.2) is 0 Å². The molecule has 0 saturated heterocycles. The lowest BCUT2D eigenvalue weighted by atomic mass is 9.81. The Balaban J connectivity index is 2.58. The first-order valence-electron chi connectivity index (χ1n) is 6.89. The van der Waals surface area contributed by atoms with E-state index in [0.717, 1.165) is 25.3 Å². The summed E-state index contributed by atoms with van der Waals surface area (Å²) in [5.41, 5.74) is 1.52. The van der Waals surface area contributed by atoms with E-state index in [0.29, 0.717) is 5.41 Å². The highest BCUT2D eigenvalue weighted by molar-refractivity contribution is 5.03. The van der Waals surface area contributed by atoms with Gasteiger partial charge in [0.05, 0.1) is 5.69 Å². The third-order valence-electron chi connectivity index (χ3n) is 3.82. The van der Waals surface area contributed by atoms with Crippen LogP contribution < -0.4 is 5.32 Å². The molecule has 1 aromatic heterocycles. The zero-order chi connectivity index (χ0) is 13.4. The summed E-state index contributed by atoms with van der Waals surface area (Å²) in [6, 6.07) is 6.11. The van der Waals surface area contributed by atoms with Gasteiger partial charge in [-0.05, 0) is 44.5 Å². The molecule has 102 valence electrons. The van der Waals surface area contributed by atoms with E-state index in [-0.39, 0.29) is 0 Å². The average molecular weight is 249 g/mol. The smallest absolute Gasteiger partial charge is 0.0543 e. The van der Waals surface area contributed by atoms with Gasteiger partial charge < -0.3 is 5.32 Å². The highest BCUT2D eigenvalue weighted by Gasteiger charge is 2.26. The van der Waals surface area contributed by atoms with Gasteiger partial charge >= 0.3 is 0 Å². The minimum absolute atomic E-state index is 0.373. The molecule has 0 fully saturated rings. The molecule has 0 aromatic carbocycles. The normalized spacial score (nSPS) is 12.1. The second kappa shape index (κ2) is 7.49. The Labute approximate surface area is 112 Å². The van der Waals surface area contributed by atoms with E-state index in [1.54, 1.807) is 0 Å². The van der Waals surface area contributed by atoms with Crippen LogP contribution in [0.15, 0.2) is 24.4 Å². The van der Waals surface area contributed by atoms with Crippen molar-refractivity contribution in [1.29, 1.82) is 0 Å². The largest absolute Gasteiger partial charge is 0.319 e. The molecule has 0 aliphatic carbocycles. The second-order valence-corrected chi connectivity index (χ2v) is 5.23. The van der Waals surface area contributed by atoms with Crippen LogP contribution >= 0.6 is 0 Å². The molecule has 1 heterocycles. The van der Waals surface area contributed by atoms with Crippen molar-refractivity contribution in [1.82, 2.24) is 15.2 Å². The van der Waals surface area contributed by atoms with Crippen molar-refractivity contribution < 1.29 is 0 Å². The van der Waals surface area contributed by atoms with Crippen molar-refractivity contribution >= 4 is 0 Å². The molecule has 0 aliphatic heterocycles. The standard InChI is InChI=1S/C15H27N3/c1-5-15(6-2,12-16-3)13-18(4)11-14-9-7-8-10-17-14/h7-10,16H,5-6,11-13H2,1-4H3. The summed E-state index contributed by atoms with van der Waals surface area (Å²) in [5.74, 6) is 0.